The molecule has 0 aliphatic heterocycles. The molecule has 0 aromatic carbocycles. The van der Waals surface area contributed by atoms with Crippen LogP contribution in [0.2, 0.25) is 0 Å². The largest absolute Gasteiger partial charge is 0.480 e. The van der Waals surface area contributed by atoms with Crippen LogP contribution in [0.5, 0.6) is 0 Å². The number of hydrogen-bond acceptors (Lipinski definition) is 8. The number of aliphatic hydroxyl groups excluding tert-OH is 1. The van der Waals surface area contributed by atoms with Crippen molar-refractivity contribution in [3.63, 3.8) is 0 Å². The van der Waals surface area contributed by atoms with Crippen LogP contribution in [0, 0.1) is 5.92 Å². The quantitative estimate of drug-likeness (QED) is 0.0536. The zero-order chi connectivity index (χ0) is 24.1. The highest BCUT2D eigenvalue weighted by molar-refractivity contribution is 7.80. The van der Waals surface area contributed by atoms with Crippen molar-refractivity contribution < 1.29 is 29.4 Å². The smallest absolute Gasteiger partial charge is 0.326 e. The molecular formula is C17H33N7O6S. The number of guanidine groups is 1. The van der Waals surface area contributed by atoms with E-state index in [1.807, 2.05) is 0 Å². The maximum absolute atomic E-state index is 12.6. The molecule has 0 rings (SSSR count). The minimum atomic E-state index is -1.26. The third-order valence-electron chi connectivity index (χ3n) is 4.16. The van der Waals surface area contributed by atoms with E-state index in [1.165, 1.54) is 0 Å². The van der Waals surface area contributed by atoms with Crippen molar-refractivity contribution in [1.29, 1.82) is 0 Å². The van der Waals surface area contributed by atoms with Gasteiger partial charge in [-0.3, -0.25) is 19.4 Å². The molecule has 4 atom stereocenters. The molecule has 0 spiro atoms. The maximum atomic E-state index is 12.6. The van der Waals surface area contributed by atoms with Crippen LogP contribution >= 0.6 is 12.6 Å². The van der Waals surface area contributed by atoms with Crippen LogP contribution in [0.15, 0.2) is 4.99 Å². The first kappa shape index (κ1) is 28.4. The first-order valence-electron chi connectivity index (χ1n) is 9.61. The van der Waals surface area contributed by atoms with E-state index in [2.05, 4.69) is 33.6 Å². The molecule has 0 bridgehead atoms. The number of amides is 3. The summed E-state index contributed by atoms with van der Waals surface area (Å²) in [5.41, 5.74) is 15.8. The zero-order valence-corrected chi connectivity index (χ0v) is 18.5. The number of aliphatic imine (C=N–C) groups is 1. The summed E-state index contributed by atoms with van der Waals surface area (Å²) in [7, 11) is 0. The van der Waals surface area contributed by atoms with Crippen LogP contribution in [0.3, 0.4) is 0 Å². The number of carboxylic acids is 1. The highest BCUT2D eigenvalue weighted by atomic mass is 32.1. The normalized spacial score (nSPS) is 14.6. The van der Waals surface area contributed by atoms with E-state index in [9.17, 15) is 24.3 Å². The Morgan fingerprint density at radius 3 is 2.03 bits per heavy atom. The lowest BCUT2D eigenvalue weighted by molar-refractivity contribution is -0.142. The van der Waals surface area contributed by atoms with Gasteiger partial charge in [0.2, 0.25) is 17.7 Å². The predicted octanol–water partition coefficient (Wildman–Crippen LogP) is -3.52. The Kier molecular flexibility index (Phi) is 13.2. The first-order valence-corrected chi connectivity index (χ1v) is 10.2. The van der Waals surface area contributed by atoms with Gasteiger partial charge >= 0.3 is 5.97 Å². The molecule has 4 unspecified atom stereocenters. The number of nitrogens with one attached hydrogen (secondary N) is 3. The highest BCUT2D eigenvalue weighted by Gasteiger charge is 2.31. The number of hydrogen-bond donors (Lipinski definition) is 9. The Morgan fingerprint density at radius 1 is 1.00 bits per heavy atom. The fourth-order valence-corrected chi connectivity index (χ4v) is 2.62. The van der Waals surface area contributed by atoms with Crippen molar-refractivity contribution in [1.82, 2.24) is 16.0 Å². The first-order chi connectivity index (χ1) is 14.4. The summed E-state index contributed by atoms with van der Waals surface area (Å²) in [6.45, 7) is 2.93. The Morgan fingerprint density at radius 2 is 1.58 bits per heavy atom. The van der Waals surface area contributed by atoms with Gasteiger partial charge in [0.1, 0.15) is 24.2 Å². The summed E-state index contributed by atoms with van der Waals surface area (Å²) < 4.78 is 0. The van der Waals surface area contributed by atoms with Gasteiger partial charge in [-0.2, -0.15) is 12.6 Å². The van der Waals surface area contributed by atoms with Crippen LogP contribution < -0.4 is 33.2 Å². The van der Waals surface area contributed by atoms with Gasteiger partial charge in [0, 0.05) is 12.3 Å². The number of thiol groups is 1. The third kappa shape index (κ3) is 10.8. The van der Waals surface area contributed by atoms with Gasteiger partial charge in [-0.15, -0.1) is 0 Å². The molecule has 0 aromatic rings. The number of nitrogens with two attached hydrogens (primary N) is 3. The van der Waals surface area contributed by atoms with Crippen LogP contribution in [-0.4, -0.2) is 82.9 Å². The van der Waals surface area contributed by atoms with Gasteiger partial charge < -0.3 is 43.4 Å². The Bertz CT molecular complexity index is 657. The number of carbonyl (C=O) groups is 4. The van der Waals surface area contributed by atoms with E-state index < -0.39 is 54.5 Å². The summed E-state index contributed by atoms with van der Waals surface area (Å²) in [6, 6.07) is -4.60. The van der Waals surface area contributed by atoms with Gasteiger partial charge in [-0.25, -0.2) is 4.79 Å². The highest BCUT2D eigenvalue weighted by Crippen LogP contribution is 2.05. The molecule has 0 saturated carbocycles. The van der Waals surface area contributed by atoms with Gasteiger partial charge in [0.15, 0.2) is 5.96 Å². The van der Waals surface area contributed by atoms with Crippen molar-refractivity contribution in [2.45, 2.75) is 50.9 Å². The topological polar surface area (TPSA) is 235 Å². The number of nitrogens with zero attached hydrogens (tertiary/aromatic N) is 1. The van der Waals surface area contributed by atoms with Crippen molar-refractivity contribution in [3.8, 4) is 0 Å². The standard InChI is InChI=1S/C17H33N7O6S/c1-8(2)12(24-13(26)9(18)6-25)15(28)23-11(7-31)14(27)22-10(16(29)30)4-3-5-21-17(19)20/h8-12,25,31H,3-7,18H2,1-2H3,(H,22,27)(H,23,28)(H,24,26)(H,29,30)(H4,19,20,21). The fourth-order valence-electron chi connectivity index (χ4n) is 2.37. The molecule has 0 aliphatic rings. The molecule has 0 aliphatic carbocycles. The van der Waals surface area contributed by atoms with Gasteiger partial charge in [0.25, 0.3) is 0 Å². The van der Waals surface area contributed by atoms with Crippen LogP contribution in [0.4, 0.5) is 0 Å². The summed E-state index contributed by atoms with van der Waals surface area (Å²) >= 11 is 4.04. The molecule has 3 amide bonds. The summed E-state index contributed by atoms with van der Waals surface area (Å²) in [4.78, 5) is 52.2. The minimum Gasteiger partial charge on any atom is -0.480 e. The molecular weight excluding hydrogens is 430 g/mol. The van der Waals surface area contributed by atoms with Crippen LogP contribution in [0.25, 0.3) is 0 Å². The zero-order valence-electron chi connectivity index (χ0n) is 17.6. The maximum Gasteiger partial charge on any atom is 0.326 e. The molecule has 0 saturated heterocycles. The van der Waals surface area contributed by atoms with Crippen molar-refractivity contribution in [2.75, 3.05) is 18.9 Å². The molecule has 0 heterocycles. The second-order valence-corrected chi connectivity index (χ2v) is 7.48. The summed E-state index contributed by atoms with van der Waals surface area (Å²) in [5.74, 6) is -4.02. The Hall–Kier alpha value is -2.58. The average molecular weight is 464 g/mol. The van der Waals surface area contributed by atoms with Crippen LogP contribution in [0.1, 0.15) is 26.7 Å². The summed E-state index contributed by atoms with van der Waals surface area (Å²) in [5, 5.41) is 25.5. The Labute approximate surface area is 186 Å². The SMILES string of the molecule is CC(C)C(NC(=O)C(N)CO)C(=O)NC(CS)C(=O)NC(CCCN=C(N)N)C(=O)O. The van der Waals surface area contributed by atoms with E-state index >= 15 is 0 Å². The van der Waals surface area contributed by atoms with Crippen molar-refractivity contribution in [2.24, 2.45) is 28.1 Å². The molecule has 14 heteroatoms. The molecule has 31 heavy (non-hydrogen) atoms. The molecule has 13 nitrogen and oxygen atoms in total. The van der Waals surface area contributed by atoms with E-state index in [0.29, 0.717) is 6.42 Å². The monoisotopic (exact) mass is 463 g/mol. The van der Waals surface area contributed by atoms with E-state index in [4.69, 9.17) is 22.3 Å². The number of aliphatic hydroxyl groups is 1. The number of aliphatic carboxylic acids is 1. The number of rotatable bonds is 14. The lowest BCUT2D eigenvalue weighted by Crippen LogP contribution is -2.59. The predicted molar refractivity (Wildman–Crippen MR) is 117 cm³/mol. The second-order valence-electron chi connectivity index (χ2n) is 7.11. The van der Waals surface area contributed by atoms with Crippen LogP contribution in [-0.2, 0) is 19.2 Å². The van der Waals surface area contributed by atoms with E-state index in [1.54, 1.807) is 13.8 Å². The minimum absolute atomic E-state index is 0.0643. The molecule has 0 fully saturated rings. The molecule has 0 aromatic heterocycles. The third-order valence-corrected chi connectivity index (χ3v) is 4.52. The lowest BCUT2D eigenvalue weighted by atomic mass is 10.0. The summed E-state index contributed by atoms with van der Waals surface area (Å²) in [6.07, 6.45) is 0.369. The average Bonchev–Trinajstić information content (AvgIpc) is 2.70. The van der Waals surface area contributed by atoms with Crippen molar-refractivity contribution >= 4 is 42.3 Å². The van der Waals surface area contributed by atoms with Gasteiger partial charge in [-0.1, -0.05) is 13.8 Å². The van der Waals surface area contributed by atoms with Gasteiger partial charge in [-0.05, 0) is 18.8 Å². The Balaban J connectivity index is 5.07. The number of carbonyl (C=O) groups excluding carboxylic acids is 3. The van der Waals surface area contributed by atoms with Crippen molar-refractivity contribution in [3.05, 3.63) is 0 Å². The fraction of sp³-hybridized carbons (Fsp3) is 0.706. The van der Waals surface area contributed by atoms with E-state index in [-0.39, 0.29) is 30.6 Å². The molecule has 11 N–H and O–H groups in total. The molecule has 0 radical (unpaired) electrons. The lowest BCUT2D eigenvalue weighted by Gasteiger charge is -2.26. The second kappa shape index (κ2) is 14.4. The van der Waals surface area contributed by atoms with Gasteiger partial charge in [0.05, 0.1) is 6.61 Å². The molecule has 178 valence electrons. The number of carboxylic acid groups (broad SMARTS) is 1. The van der Waals surface area contributed by atoms with E-state index in [0.717, 1.165) is 0 Å².